The third kappa shape index (κ3) is 52.8. The first-order valence-electron chi connectivity index (χ1n) is 27.6. The third-order valence-corrected chi connectivity index (χ3v) is 11.3. The predicted molar refractivity (Wildman–Crippen MR) is 293 cm³/mol. The van der Waals surface area contributed by atoms with Gasteiger partial charge in [0.2, 0.25) is 0 Å². The van der Waals surface area contributed by atoms with Crippen molar-refractivity contribution in [3.05, 3.63) is 122 Å². The summed E-state index contributed by atoms with van der Waals surface area (Å²) >= 11 is 0. The van der Waals surface area contributed by atoms with Crippen LogP contribution in [0.3, 0.4) is 0 Å². The first kappa shape index (κ1) is 63.8. The molecule has 0 amide bonds. The highest BCUT2D eigenvalue weighted by Gasteiger charge is 2.19. The molecule has 68 heavy (non-hydrogen) atoms. The van der Waals surface area contributed by atoms with Crippen molar-refractivity contribution < 1.29 is 28.6 Å². The summed E-state index contributed by atoms with van der Waals surface area (Å²) in [5, 5.41) is 0. The van der Waals surface area contributed by atoms with E-state index in [1.165, 1.54) is 64.2 Å². The minimum atomic E-state index is -0.807. The summed E-state index contributed by atoms with van der Waals surface area (Å²) in [6, 6.07) is 0. The highest BCUT2D eigenvalue weighted by atomic mass is 16.6. The maximum Gasteiger partial charge on any atom is 0.306 e. The van der Waals surface area contributed by atoms with Gasteiger partial charge in [-0.2, -0.15) is 0 Å². The van der Waals surface area contributed by atoms with Gasteiger partial charge in [0.05, 0.1) is 0 Å². The Morgan fingerprint density at radius 1 is 0.324 bits per heavy atom. The van der Waals surface area contributed by atoms with Gasteiger partial charge in [-0.25, -0.2) is 0 Å². The van der Waals surface area contributed by atoms with Crippen molar-refractivity contribution in [1.29, 1.82) is 0 Å². The molecule has 0 rings (SSSR count). The summed E-state index contributed by atoms with van der Waals surface area (Å²) in [4.78, 5) is 38.1. The van der Waals surface area contributed by atoms with Gasteiger partial charge in [0.15, 0.2) is 6.10 Å². The summed E-state index contributed by atoms with van der Waals surface area (Å²) in [7, 11) is 0. The molecule has 0 heterocycles. The molecule has 0 saturated carbocycles. The van der Waals surface area contributed by atoms with E-state index in [0.29, 0.717) is 19.3 Å². The summed E-state index contributed by atoms with van der Waals surface area (Å²) in [6.45, 7) is 6.38. The highest BCUT2D eigenvalue weighted by Crippen LogP contribution is 2.14. The van der Waals surface area contributed by atoms with Gasteiger partial charge >= 0.3 is 17.9 Å². The van der Waals surface area contributed by atoms with Crippen LogP contribution >= 0.6 is 0 Å². The molecule has 0 fully saturated rings. The molecule has 384 valence electrons. The maximum absolute atomic E-state index is 12.8. The van der Waals surface area contributed by atoms with Crippen molar-refractivity contribution in [1.82, 2.24) is 0 Å². The number of hydrogen-bond acceptors (Lipinski definition) is 6. The molecule has 0 aliphatic heterocycles. The van der Waals surface area contributed by atoms with Crippen molar-refractivity contribution in [2.75, 3.05) is 13.2 Å². The van der Waals surface area contributed by atoms with E-state index in [9.17, 15) is 14.4 Å². The lowest BCUT2D eigenvalue weighted by Crippen LogP contribution is -2.30. The van der Waals surface area contributed by atoms with Gasteiger partial charge in [0, 0.05) is 19.3 Å². The van der Waals surface area contributed by atoms with Gasteiger partial charge in [0.25, 0.3) is 0 Å². The van der Waals surface area contributed by atoms with E-state index in [4.69, 9.17) is 14.2 Å². The molecule has 0 bridgehead atoms. The van der Waals surface area contributed by atoms with E-state index in [2.05, 4.69) is 118 Å². The van der Waals surface area contributed by atoms with Crippen LogP contribution in [0.15, 0.2) is 122 Å². The molecule has 0 aliphatic rings. The number of hydrogen-bond donors (Lipinski definition) is 0. The number of unbranched alkanes of at least 4 members (excludes halogenated alkanes) is 23. The molecule has 0 aromatic rings. The maximum atomic E-state index is 12.8. The smallest absolute Gasteiger partial charge is 0.306 e. The standard InChI is InChI=1S/C62H100O6/c1-4-7-10-13-16-19-22-25-28-30-32-34-37-40-43-46-49-52-55-61(64)67-58-59(57-66-60(63)54-51-48-45-42-39-36-27-24-21-18-15-12-9-6-3)68-62(65)56-53-50-47-44-41-38-35-33-31-29-26-23-20-17-14-11-8-5-2/h9-10,12-13,16,18-19,21-23,25-26,28-35,59H,4-8,11,14-15,17,20,24,27,36-58H2,1-3H3/b12-9-,13-10-,19-16-,21-18-,25-22-,26-23-,30-28-,31-29-,34-32-,35-33-. The Morgan fingerprint density at radius 2 is 0.662 bits per heavy atom. The van der Waals surface area contributed by atoms with Crippen LogP contribution < -0.4 is 0 Å². The van der Waals surface area contributed by atoms with E-state index in [1.54, 1.807) is 0 Å². The Balaban J connectivity index is 4.52. The van der Waals surface area contributed by atoms with Crippen LogP contribution in [0.5, 0.6) is 0 Å². The van der Waals surface area contributed by atoms with Crippen LogP contribution in [0.4, 0.5) is 0 Å². The Morgan fingerprint density at radius 3 is 1.07 bits per heavy atom. The summed E-state index contributed by atoms with van der Waals surface area (Å²) < 4.78 is 16.8. The van der Waals surface area contributed by atoms with E-state index in [0.717, 1.165) is 128 Å². The molecule has 0 spiro atoms. The average molecular weight is 941 g/mol. The number of ether oxygens (including phenoxy) is 3. The number of carbonyl (C=O) groups excluding carboxylic acids is 3. The van der Waals surface area contributed by atoms with Gasteiger partial charge in [-0.15, -0.1) is 0 Å². The molecule has 0 N–H and O–H groups in total. The fourth-order valence-corrected chi connectivity index (χ4v) is 7.22. The molecular weight excluding hydrogens is 841 g/mol. The second kappa shape index (κ2) is 55.4. The normalized spacial score (nSPS) is 13.0. The zero-order valence-corrected chi connectivity index (χ0v) is 43.8. The van der Waals surface area contributed by atoms with E-state index >= 15 is 0 Å². The minimum absolute atomic E-state index is 0.103. The van der Waals surface area contributed by atoms with Crippen molar-refractivity contribution in [2.24, 2.45) is 0 Å². The summed E-state index contributed by atoms with van der Waals surface area (Å²) in [5.74, 6) is -0.959. The second-order valence-corrected chi connectivity index (χ2v) is 17.9. The fraction of sp³-hybridized carbons (Fsp3) is 0.629. The van der Waals surface area contributed by atoms with Crippen molar-refractivity contribution in [2.45, 2.75) is 239 Å². The molecule has 0 aromatic carbocycles. The lowest BCUT2D eigenvalue weighted by Gasteiger charge is -2.18. The zero-order valence-electron chi connectivity index (χ0n) is 43.8. The first-order valence-corrected chi connectivity index (χ1v) is 27.6. The van der Waals surface area contributed by atoms with Crippen LogP contribution in [0.2, 0.25) is 0 Å². The molecular formula is C62H100O6. The largest absolute Gasteiger partial charge is 0.462 e. The third-order valence-electron chi connectivity index (χ3n) is 11.3. The Hall–Kier alpha value is -4.19. The SMILES string of the molecule is CC/C=C\C/C=C\CCCCCCCCCC(=O)OCC(COC(=O)CCCCCCC\C=C/C=C\C=C/C=C\C=C/CCC)OC(=O)CCCCCCC\C=C/C=C\C=C/CCCCCCC. The molecule has 1 unspecified atom stereocenters. The van der Waals surface area contributed by atoms with Crippen molar-refractivity contribution in [3.8, 4) is 0 Å². The van der Waals surface area contributed by atoms with E-state index < -0.39 is 6.10 Å². The first-order chi connectivity index (χ1) is 33.5. The molecule has 0 saturated heterocycles. The molecule has 6 nitrogen and oxygen atoms in total. The predicted octanol–water partition coefficient (Wildman–Crippen LogP) is 18.5. The highest BCUT2D eigenvalue weighted by molar-refractivity contribution is 5.71. The van der Waals surface area contributed by atoms with Gasteiger partial charge in [-0.05, 0) is 89.9 Å². The monoisotopic (exact) mass is 941 g/mol. The summed E-state index contributed by atoms with van der Waals surface area (Å²) in [5.41, 5.74) is 0. The number of carbonyl (C=O) groups is 3. The number of rotatable bonds is 48. The molecule has 1 atom stereocenters. The van der Waals surface area contributed by atoms with Crippen LogP contribution in [-0.2, 0) is 28.6 Å². The molecule has 0 aromatic heterocycles. The summed E-state index contributed by atoms with van der Waals surface area (Å²) in [6.07, 6.45) is 76.0. The van der Waals surface area contributed by atoms with Gasteiger partial charge < -0.3 is 14.2 Å². The Bertz CT molecular complexity index is 1450. The zero-order chi connectivity index (χ0) is 49.3. The van der Waals surface area contributed by atoms with E-state index in [1.807, 2.05) is 24.3 Å². The lowest BCUT2D eigenvalue weighted by atomic mass is 10.1. The minimum Gasteiger partial charge on any atom is -0.462 e. The van der Waals surface area contributed by atoms with Gasteiger partial charge in [0.1, 0.15) is 13.2 Å². The average Bonchev–Trinajstić information content (AvgIpc) is 3.34. The van der Waals surface area contributed by atoms with Crippen molar-refractivity contribution in [3.63, 3.8) is 0 Å². The Labute approximate surface area is 418 Å². The van der Waals surface area contributed by atoms with Crippen LogP contribution in [-0.4, -0.2) is 37.2 Å². The van der Waals surface area contributed by atoms with Gasteiger partial charge in [-0.1, -0.05) is 245 Å². The van der Waals surface area contributed by atoms with Crippen LogP contribution in [0.1, 0.15) is 233 Å². The lowest BCUT2D eigenvalue weighted by molar-refractivity contribution is -0.167. The Kier molecular flexibility index (Phi) is 52.0. The van der Waals surface area contributed by atoms with Gasteiger partial charge in [-0.3, -0.25) is 14.4 Å². The van der Waals surface area contributed by atoms with E-state index in [-0.39, 0.29) is 31.1 Å². The molecule has 0 radical (unpaired) electrons. The quantitative estimate of drug-likeness (QED) is 0.0199. The number of allylic oxidation sites excluding steroid dienone is 20. The number of esters is 3. The topological polar surface area (TPSA) is 78.9 Å². The van der Waals surface area contributed by atoms with Crippen molar-refractivity contribution >= 4 is 17.9 Å². The second-order valence-electron chi connectivity index (χ2n) is 17.9. The molecule has 0 aliphatic carbocycles. The van der Waals surface area contributed by atoms with Crippen LogP contribution in [0, 0.1) is 0 Å². The van der Waals surface area contributed by atoms with Crippen LogP contribution in [0.25, 0.3) is 0 Å². The molecule has 6 heteroatoms. The fourth-order valence-electron chi connectivity index (χ4n) is 7.22.